The lowest BCUT2D eigenvalue weighted by Gasteiger charge is -2.28. The third-order valence-corrected chi connectivity index (χ3v) is 3.43. The first-order chi connectivity index (χ1) is 12.7. The third kappa shape index (κ3) is 6.18. The van der Waals surface area contributed by atoms with Gasteiger partial charge in [0, 0.05) is 31.0 Å². The summed E-state index contributed by atoms with van der Waals surface area (Å²) in [6, 6.07) is 6.90. The zero-order chi connectivity index (χ0) is 20.0. The standard InChI is InChI=1S/C19H26FN5O2/c1-13(12-27-5)22-17-21-11-10-16(23-17)25(18(26)24-19(2,3)4)15-8-6-14(20)7-9-15/h6-11,13H,12H2,1-5H3,(H,24,26)(H,21,22,23)/t13-/m0/s1. The maximum atomic E-state index is 13.3. The van der Waals surface area contributed by atoms with Crippen molar-refractivity contribution in [2.45, 2.75) is 39.3 Å². The summed E-state index contributed by atoms with van der Waals surface area (Å²) in [5, 5.41) is 6.02. The van der Waals surface area contributed by atoms with Crippen molar-refractivity contribution in [1.82, 2.24) is 15.3 Å². The number of carbonyl (C=O) groups excluding carboxylic acids is 1. The molecule has 2 rings (SSSR count). The highest BCUT2D eigenvalue weighted by atomic mass is 19.1. The molecule has 0 aliphatic rings. The highest BCUT2D eigenvalue weighted by Gasteiger charge is 2.24. The van der Waals surface area contributed by atoms with Gasteiger partial charge in [-0.3, -0.25) is 0 Å². The Morgan fingerprint density at radius 2 is 1.93 bits per heavy atom. The number of urea groups is 1. The SMILES string of the molecule is COC[C@H](C)Nc1nccc(N(C(=O)NC(C)(C)C)c2ccc(F)cc2)n1. The molecular formula is C19H26FN5O2. The number of carbonyl (C=O) groups is 1. The minimum absolute atomic E-state index is 0.00655. The summed E-state index contributed by atoms with van der Waals surface area (Å²) in [7, 11) is 1.61. The molecule has 0 bridgehead atoms. The molecule has 2 amide bonds. The molecule has 8 heteroatoms. The topological polar surface area (TPSA) is 79.4 Å². The van der Waals surface area contributed by atoms with Gasteiger partial charge in [0.15, 0.2) is 0 Å². The quantitative estimate of drug-likeness (QED) is 0.805. The van der Waals surface area contributed by atoms with E-state index in [4.69, 9.17) is 4.74 Å². The van der Waals surface area contributed by atoms with Gasteiger partial charge in [0.05, 0.1) is 12.3 Å². The van der Waals surface area contributed by atoms with Crippen LogP contribution >= 0.6 is 0 Å². The normalized spacial score (nSPS) is 12.4. The summed E-state index contributed by atoms with van der Waals surface area (Å²) in [6.07, 6.45) is 1.56. The number of benzene rings is 1. The summed E-state index contributed by atoms with van der Waals surface area (Å²) in [4.78, 5) is 22.9. The van der Waals surface area contributed by atoms with E-state index in [9.17, 15) is 9.18 Å². The average molecular weight is 375 g/mol. The van der Waals surface area contributed by atoms with E-state index in [-0.39, 0.29) is 17.9 Å². The van der Waals surface area contributed by atoms with Crippen molar-refractivity contribution < 1.29 is 13.9 Å². The first-order valence-electron chi connectivity index (χ1n) is 8.66. The summed E-state index contributed by atoms with van der Waals surface area (Å²) in [5.74, 6) is 0.353. The monoisotopic (exact) mass is 375 g/mol. The van der Waals surface area contributed by atoms with Crippen LogP contribution in [0.1, 0.15) is 27.7 Å². The van der Waals surface area contributed by atoms with Crippen LogP contribution < -0.4 is 15.5 Å². The molecule has 1 heterocycles. The summed E-state index contributed by atoms with van der Waals surface area (Å²) in [5.41, 5.74) is 0.0453. The molecule has 2 aromatic rings. The van der Waals surface area contributed by atoms with E-state index in [1.165, 1.54) is 29.2 Å². The van der Waals surface area contributed by atoms with Gasteiger partial charge >= 0.3 is 6.03 Å². The second-order valence-electron chi connectivity index (χ2n) is 7.23. The number of amides is 2. The second kappa shape index (κ2) is 8.77. The minimum atomic E-state index is -0.448. The molecule has 146 valence electrons. The van der Waals surface area contributed by atoms with E-state index in [0.717, 1.165) is 0 Å². The fraction of sp³-hybridized carbons (Fsp3) is 0.421. The smallest absolute Gasteiger partial charge is 0.328 e. The van der Waals surface area contributed by atoms with Crippen LogP contribution in [0, 0.1) is 5.82 Å². The molecule has 27 heavy (non-hydrogen) atoms. The number of nitrogens with one attached hydrogen (secondary N) is 2. The van der Waals surface area contributed by atoms with Crippen LogP contribution in [0.4, 0.5) is 26.6 Å². The Morgan fingerprint density at radius 3 is 2.52 bits per heavy atom. The van der Waals surface area contributed by atoms with Crippen molar-refractivity contribution >= 4 is 23.5 Å². The van der Waals surface area contributed by atoms with Gasteiger partial charge in [0.1, 0.15) is 11.6 Å². The van der Waals surface area contributed by atoms with E-state index in [1.807, 2.05) is 27.7 Å². The molecule has 2 N–H and O–H groups in total. The van der Waals surface area contributed by atoms with E-state index in [1.54, 1.807) is 19.4 Å². The Labute approximate surface area is 159 Å². The number of hydrogen-bond donors (Lipinski definition) is 2. The lowest BCUT2D eigenvalue weighted by Crippen LogP contribution is -2.47. The van der Waals surface area contributed by atoms with E-state index >= 15 is 0 Å². The van der Waals surface area contributed by atoms with Crippen molar-refractivity contribution in [3.63, 3.8) is 0 Å². The largest absolute Gasteiger partial charge is 0.383 e. The van der Waals surface area contributed by atoms with Gasteiger partial charge in [-0.05, 0) is 52.0 Å². The molecule has 0 aliphatic heterocycles. The van der Waals surface area contributed by atoms with Crippen LogP contribution in [0.15, 0.2) is 36.5 Å². The van der Waals surface area contributed by atoms with Crippen molar-refractivity contribution in [3.05, 3.63) is 42.3 Å². The predicted octanol–water partition coefficient (Wildman–Crippen LogP) is 3.71. The Kier molecular flexibility index (Phi) is 6.68. The van der Waals surface area contributed by atoms with Crippen LogP contribution in [0.5, 0.6) is 0 Å². The number of methoxy groups -OCH3 is 1. The number of hydrogen-bond acceptors (Lipinski definition) is 5. The van der Waals surface area contributed by atoms with E-state index in [2.05, 4.69) is 20.6 Å². The Morgan fingerprint density at radius 1 is 1.26 bits per heavy atom. The zero-order valence-electron chi connectivity index (χ0n) is 16.3. The van der Waals surface area contributed by atoms with Crippen molar-refractivity contribution in [2.24, 2.45) is 0 Å². The number of nitrogens with zero attached hydrogens (tertiary/aromatic N) is 3. The van der Waals surface area contributed by atoms with Gasteiger partial charge in [-0.15, -0.1) is 0 Å². The molecule has 1 aromatic heterocycles. The van der Waals surface area contributed by atoms with Crippen molar-refractivity contribution in [2.75, 3.05) is 23.9 Å². The molecule has 1 aromatic carbocycles. The van der Waals surface area contributed by atoms with Crippen molar-refractivity contribution in [3.8, 4) is 0 Å². The summed E-state index contributed by atoms with van der Waals surface area (Å²) in [6.45, 7) is 8.07. The maximum absolute atomic E-state index is 13.3. The van der Waals surface area contributed by atoms with Crippen LogP contribution in [-0.4, -0.2) is 41.3 Å². The van der Waals surface area contributed by atoms with Gasteiger partial charge in [-0.1, -0.05) is 0 Å². The fourth-order valence-electron chi connectivity index (χ4n) is 2.38. The van der Waals surface area contributed by atoms with Crippen LogP contribution in [-0.2, 0) is 4.74 Å². The van der Waals surface area contributed by atoms with Gasteiger partial charge in [-0.2, -0.15) is 4.98 Å². The fourth-order valence-corrected chi connectivity index (χ4v) is 2.38. The molecule has 7 nitrogen and oxygen atoms in total. The van der Waals surface area contributed by atoms with Gasteiger partial charge in [-0.25, -0.2) is 19.1 Å². The van der Waals surface area contributed by atoms with Crippen LogP contribution in [0.25, 0.3) is 0 Å². The summed E-state index contributed by atoms with van der Waals surface area (Å²) >= 11 is 0. The third-order valence-electron chi connectivity index (χ3n) is 3.43. The van der Waals surface area contributed by atoms with Gasteiger partial charge < -0.3 is 15.4 Å². The van der Waals surface area contributed by atoms with Crippen LogP contribution in [0.2, 0.25) is 0 Å². The number of halogens is 1. The summed E-state index contributed by atoms with van der Waals surface area (Å²) < 4.78 is 18.4. The number of aromatic nitrogens is 2. The Balaban J connectivity index is 2.38. The highest BCUT2D eigenvalue weighted by molar-refractivity contribution is 5.98. The van der Waals surface area contributed by atoms with Gasteiger partial charge in [0.25, 0.3) is 0 Å². The van der Waals surface area contributed by atoms with Crippen molar-refractivity contribution in [1.29, 1.82) is 0 Å². The minimum Gasteiger partial charge on any atom is -0.383 e. The molecule has 1 atom stereocenters. The Bertz CT molecular complexity index is 761. The zero-order valence-corrected chi connectivity index (χ0v) is 16.3. The second-order valence-corrected chi connectivity index (χ2v) is 7.23. The number of anilines is 3. The van der Waals surface area contributed by atoms with Gasteiger partial charge in [0.2, 0.25) is 5.95 Å². The molecule has 0 fully saturated rings. The predicted molar refractivity (Wildman–Crippen MR) is 104 cm³/mol. The average Bonchev–Trinajstić information content (AvgIpc) is 2.56. The lowest BCUT2D eigenvalue weighted by molar-refractivity contribution is 0.190. The Hall–Kier alpha value is -2.74. The van der Waals surface area contributed by atoms with E-state index in [0.29, 0.717) is 24.1 Å². The van der Waals surface area contributed by atoms with E-state index < -0.39 is 5.54 Å². The first kappa shape index (κ1) is 20.6. The molecule has 0 saturated carbocycles. The van der Waals surface area contributed by atoms with Crippen LogP contribution in [0.3, 0.4) is 0 Å². The molecule has 0 radical (unpaired) electrons. The first-order valence-corrected chi connectivity index (χ1v) is 8.66. The highest BCUT2D eigenvalue weighted by Crippen LogP contribution is 2.25. The molecule has 0 spiro atoms. The number of ether oxygens (including phenoxy) is 1. The number of rotatable bonds is 6. The molecule has 0 saturated heterocycles. The lowest BCUT2D eigenvalue weighted by atomic mass is 10.1. The molecule has 0 aliphatic carbocycles. The maximum Gasteiger partial charge on any atom is 0.328 e. The molecular weight excluding hydrogens is 349 g/mol. The molecule has 0 unspecified atom stereocenters.